The van der Waals surface area contributed by atoms with Crippen LogP contribution in [0.5, 0.6) is 0 Å². The second-order valence-corrected chi connectivity index (χ2v) is 8.47. The lowest BCUT2D eigenvalue weighted by atomic mass is 9.92. The summed E-state index contributed by atoms with van der Waals surface area (Å²) in [5, 5.41) is 2.60. The molecule has 1 aliphatic rings. The van der Waals surface area contributed by atoms with E-state index < -0.39 is 72.6 Å². The van der Waals surface area contributed by atoms with E-state index >= 15 is 0 Å². The first kappa shape index (κ1) is 28.1. The van der Waals surface area contributed by atoms with Gasteiger partial charge in [-0.05, 0) is 20.8 Å². The second kappa shape index (κ2) is 12.4. The van der Waals surface area contributed by atoms with Crippen LogP contribution >= 0.6 is 0 Å². The lowest BCUT2D eigenvalue weighted by Gasteiger charge is -2.42. The monoisotopic (exact) mass is 475 g/mol. The molecule has 0 aromatic rings. The van der Waals surface area contributed by atoms with Gasteiger partial charge in [-0.25, -0.2) is 4.79 Å². The minimum atomic E-state index is -1.32. The van der Waals surface area contributed by atoms with E-state index in [2.05, 4.69) is 5.32 Å². The van der Waals surface area contributed by atoms with Gasteiger partial charge in [0.25, 0.3) is 0 Å². The Hall–Kier alpha value is -2.89. The van der Waals surface area contributed by atoms with Crippen molar-refractivity contribution < 1.29 is 52.4 Å². The normalized spacial score (nSPS) is 22.2. The van der Waals surface area contributed by atoms with Gasteiger partial charge in [0, 0.05) is 34.1 Å². The number of hydrogen-bond donors (Lipinski definition) is 1. The zero-order chi connectivity index (χ0) is 25.3. The van der Waals surface area contributed by atoms with Gasteiger partial charge >= 0.3 is 30.0 Å². The highest BCUT2D eigenvalue weighted by Gasteiger charge is 2.47. The molecule has 1 heterocycles. The number of nitrogens with one attached hydrogen (secondary N) is 1. The molecule has 12 heteroatoms. The third-order valence-electron chi connectivity index (χ3n) is 4.23. The van der Waals surface area contributed by atoms with Crippen LogP contribution in [0.3, 0.4) is 0 Å². The van der Waals surface area contributed by atoms with E-state index in [1.807, 2.05) is 0 Å². The molecule has 12 nitrogen and oxygen atoms in total. The third-order valence-corrected chi connectivity index (χ3v) is 4.23. The maximum Gasteiger partial charge on any atom is 0.408 e. The van der Waals surface area contributed by atoms with Crippen LogP contribution in [0.15, 0.2) is 0 Å². The first-order valence-corrected chi connectivity index (χ1v) is 10.5. The van der Waals surface area contributed by atoms with Crippen molar-refractivity contribution in [3.8, 4) is 0 Å². The van der Waals surface area contributed by atoms with Crippen molar-refractivity contribution in [3.05, 3.63) is 0 Å². The summed E-state index contributed by atoms with van der Waals surface area (Å²) < 4.78 is 32.0. The standard InChI is InChI=1S/C21H33NO11/c1-11(23)29-10-16(31-13(3)25)18(32-14(4)26)19-17(22-20(27)33-21(5,6)7)15(8-9-28-19)30-12(2)24/h15-19H,8-10H2,1-7H3,(H,22,27)/t15?,16-,17-,18-,19?/m1/s1. The first-order valence-electron chi connectivity index (χ1n) is 10.5. The van der Waals surface area contributed by atoms with Crippen molar-refractivity contribution in [2.24, 2.45) is 0 Å². The molecule has 1 fully saturated rings. The minimum absolute atomic E-state index is 0.0766. The summed E-state index contributed by atoms with van der Waals surface area (Å²) in [5.41, 5.74) is -0.822. The Bertz CT molecular complexity index is 730. The van der Waals surface area contributed by atoms with Crippen LogP contribution in [0.2, 0.25) is 0 Å². The Kier molecular flexibility index (Phi) is 10.6. The van der Waals surface area contributed by atoms with Crippen LogP contribution in [-0.2, 0) is 47.6 Å². The van der Waals surface area contributed by atoms with Gasteiger partial charge in [0.05, 0.1) is 12.6 Å². The molecule has 0 saturated carbocycles. The molecule has 1 amide bonds. The van der Waals surface area contributed by atoms with E-state index in [0.29, 0.717) is 0 Å². The fourth-order valence-electron chi connectivity index (χ4n) is 3.23. The third kappa shape index (κ3) is 10.5. The van der Waals surface area contributed by atoms with Crippen LogP contribution in [-0.4, -0.2) is 79.2 Å². The largest absolute Gasteiger partial charge is 0.462 e. The molecule has 0 aromatic heterocycles. The van der Waals surface area contributed by atoms with E-state index in [-0.39, 0.29) is 13.0 Å². The molecule has 0 aromatic carbocycles. The summed E-state index contributed by atoms with van der Waals surface area (Å²) in [6, 6.07) is -1.04. The molecule has 2 unspecified atom stereocenters. The summed E-state index contributed by atoms with van der Waals surface area (Å²) in [6.07, 6.45) is -5.18. The van der Waals surface area contributed by atoms with Gasteiger partial charge in [-0.2, -0.15) is 0 Å². The highest BCUT2D eigenvalue weighted by atomic mass is 16.6. The average Bonchev–Trinajstić information content (AvgIpc) is 2.62. The van der Waals surface area contributed by atoms with Crippen molar-refractivity contribution in [2.45, 2.75) is 90.9 Å². The number of ether oxygens (including phenoxy) is 6. The van der Waals surface area contributed by atoms with Gasteiger partial charge < -0.3 is 33.7 Å². The number of carbonyl (C=O) groups excluding carboxylic acids is 5. The average molecular weight is 475 g/mol. The molecule has 1 N–H and O–H groups in total. The number of carbonyl (C=O) groups is 5. The van der Waals surface area contributed by atoms with Gasteiger partial charge in [-0.1, -0.05) is 0 Å². The van der Waals surface area contributed by atoms with Crippen LogP contribution in [0.25, 0.3) is 0 Å². The van der Waals surface area contributed by atoms with Gasteiger partial charge in [-0.3, -0.25) is 19.2 Å². The van der Waals surface area contributed by atoms with E-state index in [1.54, 1.807) is 20.8 Å². The number of amides is 1. The smallest absolute Gasteiger partial charge is 0.408 e. The predicted octanol–water partition coefficient (Wildman–Crippen LogP) is 1.03. The zero-order valence-corrected chi connectivity index (χ0v) is 20.0. The SMILES string of the molecule is CC(=O)OC[C@@H](OC(C)=O)[C@@H](OC(C)=O)C1OCCC(OC(C)=O)[C@H]1NC(=O)OC(C)(C)C. The van der Waals surface area contributed by atoms with Crippen molar-refractivity contribution in [3.63, 3.8) is 0 Å². The van der Waals surface area contributed by atoms with Crippen LogP contribution < -0.4 is 5.32 Å². The van der Waals surface area contributed by atoms with Crippen molar-refractivity contribution in [2.75, 3.05) is 13.2 Å². The zero-order valence-electron chi connectivity index (χ0n) is 20.0. The number of hydrogen-bond acceptors (Lipinski definition) is 11. The summed E-state index contributed by atoms with van der Waals surface area (Å²) in [6.45, 7) is 9.27. The van der Waals surface area contributed by atoms with Gasteiger partial charge in [-0.15, -0.1) is 0 Å². The predicted molar refractivity (Wildman–Crippen MR) is 111 cm³/mol. The highest BCUT2D eigenvalue weighted by molar-refractivity contribution is 5.70. The molecule has 188 valence electrons. The van der Waals surface area contributed by atoms with Crippen molar-refractivity contribution in [1.29, 1.82) is 0 Å². The topological polar surface area (TPSA) is 153 Å². The van der Waals surface area contributed by atoms with E-state index in [1.165, 1.54) is 6.92 Å². The Morgan fingerprint density at radius 1 is 0.939 bits per heavy atom. The fraction of sp³-hybridized carbons (Fsp3) is 0.762. The van der Waals surface area contributed by atoms with Crippen LogP contribution in [0.1, 0.15) is 54.9 Å². The van der Waals surface area contributed by atoms with Crippen LogP contribution in [0.4, 0.5) is 4.79 Å². The van der Waals surface area contributed by atoms with Crippen molar-refractivity contribution >= 4 is 30.0 Å². The molecule has 33 heavy (non-hydrogen) atoms. The van der Waals surface area contributed by atoms with Crippen LogP contribution in [0, 0.1) is 0 Å². The summed E-state index contributed by atoms with van der Waals surface area (Å²) >= 11 is 0. The van der Waals surface area contributed by atoms with Gasteiger partial charge in [0.1, 0.15) is 24.4 Å². The molecule has 0 bridgehead atoms. The number of esters is 4. The quantitative estimate of drug-likeness (QED) is 0.395. The Morgan fingerprint density at radius 3 is 2.03 bits per heavy atom. The summed E-state index contributed by atoms with van der Waals surface area (Å²) in [4.78, 5) is 59.1. The molecular weight excluding hydrogens is 442 g/mol. The maximum absolute atomic E-state index is 12.5. The Labute approximate surface area is 192 Å². The lowest BCUT2D eigenvalue weighted by molar-refractivity contribution is -0.201. The molecule has 1 saturated heterocycles. The molecule has 0 spiro atoms. The van der Waals surface area contributed by atoms with Gasteiger partial charge in [0.2, 0.25) is 0 Å². The van der Waals surface area contributed by atoms with E-state index in [4.69, 9.17) is 28.4 Å². The first-order chi connectivity index (χ1) is 15.2. The summed E-state index contributed by atoms with van der Waals surface area (Å²) in [5.74, 6) is -2.72. The second-order valence-electron chi connectivity index (χ2n) is 8.47. The molecule has 0 radical (unpaired) electrons. The minimum Gasteiger partial charge on any atom is -0.462 e. The molecular formula is C21H33NO11. The maximum atomic E-state index is 12.5. The fourth-order valence-corrected chi connectivity index (χ4v) is 3.23. The number of rotatable bonds is 8. The molecule has 5 atom stereocenters. The van der Waals surface area contributed by atoms with Crippen molar-refractivity contribution in [1.82, 2.24) is 5.32 Å². The Balaban J connectivity index is 3.35. The lowest BCUT2D eigenvalue weighted by Crippen LogP contribution is -2.63. The van der Waals surface area contributed by atoms with Gasteiger partial charge in [0.15, 0.2) is 12.2 Å². The van der Waals surface area contributed by atoms with E-state index in [9.17, 15) is 24.0 Å². The van der Waals surface area contributed by atoms with E-state index in [0.717, 1.165) is 20.8 Å². The molecule has 1 rings (SSSR count). The Morgan fingerprint density at radius 2 is 1.55 bits per heavy atom. The summed E-state index contributed by atoms with van der Waals surface area (Å²) in [7, 11) is 0. The molecule has 1 aliphatic heterocycles. The number of alkyl carbamates (subject to hydrolysis) is 1. The molecule has 0 aliphatic carbocycles. The highest BCUT2D eigenvalue weighted by Crippen LogP contribution is 2.26.